The van der Waals surface area contributed by atoms with Crippen molar-refractivity contribution in [1.82, 2.24) is 0 Å². The zero-order valence-electron chi connectivity index (χ0n) is 8.13. The summed E-state index contributed by atoms with van der Waals surface area (Å²) < 4.78 is 23.2. The van der Waals surface area contributed by atoms with Crippen molar-refractivity contribution < 1.29 is 13.9 Å². The lowest BCUT2D eigenvalue weighted by atomic mass is 10.1. The van der Waals surface area contributed by atoms with Crippen LogP contribution in [0.15, 0.2) is 12.1 Å². The van der Waals surface area contributed by atoms with Crippen LogP contribution in [-0.4, -0.2) is 14.2 Å². The van der Waals surface area contributed by atoms with Crippen LogP contribution >= 0.6 is 0 Å². The molecule has 0 heterocycles. The third kappa shape index (κ3) is 1.80. The van der Waals surface area contributed by atoms with Gasteiger partial charge in [0.05, 0.1) is 19.8 Å². The van der Waals surface area contributed by atoms with E-state index in [1.54, 1.807) is 0 Å². The smallest absolute Gasteiger partial charge is 0.165 e. The number of halogens is 1. The Morgan fingerprint density at radius 1 is 1.36 bits per heavy atom. The number of ether oxygens (including phenoxy) is 2. The van der Waals surface area contributed by atoms with E-state index in [4.69, 9.17) is 15.9 Å². The summed E-state index contributed by atoms with van der Waals surface area (Å²) >= 11 is 0. The first kappa shape index (κ1) is 10.4. The standard InChI is InChI=1S/C11H11FO2/c1-4-5-8-10(13-2)7-6-9(12)11(8)14-3/h1,6-7H,5H2,2-3H3. The van der Waals surface area contributed by atoms with Crippen LogP contribution in [0.1, 0.15) is 5.56 Å². The van der Waals surface area contributed by atoms with E-state index in [0.29, 0.717) is 11.3 Å². The Kier molecular flexibility index (Phi) is 3.35. The summed E-state index contributed by atoms with van der Waals surface area (Å²) in [5, 5.41) is 0. The fraction of sp³-hybridized carbons (Fsp3) is 0.273. The van der Waals surface area contributed by atoms with E-state index in [-0.39, 0.29) is 12.2 Å². The van der Waals surface area contributed by atoms with E-state index in [9.17, 15) is 4.39 Å². The number of rotatable bonds is 3. The molecule has 0 aliphatic heterocycles. The molecule has 14 heavy (non-hydrogen) atoms. The van der Waals surface area contributed by atoms with Crippen LogP contribution < -0.4 is 9.47 Å². The van der Waals surface area contributed by atoms with Crippen LogP contribution in [0.2, 0.25) is 0 Å². The van der Waals surface area contributed by atoms with Crippen LogP contribution in [0, 0.1) is 18.2 Å². The molecule has 0 aromatic heterocycles. The summed E-state index contributed by atoms with van der Waals surface area (Å²) in [5.41, 5.74) is 0.567. The van der Waals surface area contributed by atoms with Crippen molar-refractivity contribution in [3.05, 3.63) is 23.5 Å². The minimum Gasteiger partial charge on any atom is -0.496 e. The maximum absolute atomic E-state index is 13.2. The minimum atomic E-state index is -0.432. The number of hydrogen-bond donors (Lipinski definition) is 0. The van der Waals surface area contributed by atoms with Crippen LogP contribution in [0.5, 0.6) is 11.5 Å². The van der Waals surface area contributed by atoms with Crippen molar-refractivity contribution in [3.8, 4) is 23.8 Å². The van der Waals surface area contributed by atoms with E-state index < -0.39 is 5.82 Å². The van der Waals surface area contributed by atoms with E-state index in [1.807, 2.05) is 0 Å². The van der Waals surface area contributed by atoms with Gasteiger partial charge in [0.15, 0.2) is 11.6 Å². The molecule has 0 aliphatic carbocycles. The average Bonchev–Trinajstić information content (AvgIpc) is 2.19. The minimum absolute atomic E-state index is 0.155. The molecular formula is C11H11FO2. The molecule has 0 unspecified atom stereocenters. The SMILES string of the molecule is C#CCc1c(OC)ccc(F)c1OC. The van der Waals surface area contributed by atoms with Gasteiger partial charge in [-0.2, -0.15) is 0 Å². The first-order valence-corrected chi connectivity index (χ1v) is 4.07. The summed E-state index contributed by atoms with van der Waals surface area (Å²) in [7, 11) is 2.91. The molecule has 0 aliphatic rings. The van der Waals surface area contributed by atoms with E-state index in [0.717, 1.165) is 0 Å². The molecule has 1 rings (SSSR count). The molecule has 0 N–H and O–H groups in total. The monoisotopic (exact) mass is 194 g/mol. The molecule has 0 radical (unpaired) electrons. The zero-order valence-corrected chi connectivity index (χ0v) is 8.13. The highest BCUT2D eigenvalue weighted by molar-refractivity contribution is 5.47. The summed E-state index contributed by atoms with van der Waals surface area (Å²) in [6.07, 6.45) is 5.46. The lowest BCUT2D eigenvalue weighted by molar-refractivity contribution is 0.367. The molecule has 0 saturated heterocycles. The van der Waals surface area contributed by atoms with Gasteiger partial charge in [-0.05, 0) is 12.1 Å². The maximum Gasteiger partial charge on any atom is 0.165 e. The molecule has 3 heteroatoms. The first-order chi connectivity index (χ1) is 6.74. The van der Waals surface area contributed by atoms with Gasteiger partial charge in [0, 0.05) is 6.42 Å². The number of methoxy groups -OCH3 is 2. The predicted molar refractivity (Wildman–Crippen MR) is 52.0 cm³/mol. The molecule has 0 spiro atoms. The Morgan fingerprint density at radius 3 is 2.57 bits per heavy atom. The first-order valence-electron chi connectivity index (χ1n) is 4.07. The highest BCUT2D eigenvalue weighted by Crippen LogP contribution is 2.31. The maximum atomic E-state index is 13.2. The summed E-state index contributed by atoms with van der Waals surface area (Å²) in [6.45, 7) is 0. The average molecular weight is 194 g/mol. The van der Waals surface area contributed by atoms with Gasteiger partial charge < -0.3 is 9.47 Å². The van der Waals surface area contributed by atoms with Gasteiger partial charge in [0.25, 0.3) is 0 Å². The summed E-state index contributed by atoms with van der Waals surface area (Å²) in [5.74, 6) is 2.70. The van der Waals surface area contributed by atoms with Crippen molar-refractivity contribution in [2.24, 2.45) is 0 Å². The Morgan fingerprint density at radius 2 is 2.07 bits per heavy atom. The molecule has 1 aromatic rings. The lowest BCUT2D eigenvalue weighted by Crippen LogP contribution is -1.98. The van der Waals surface area contributed by atoms with Gasteiger partial charge in [0.1, 0.15) is 5.75 Å². The number of hydrogen-bond acceptors (Lipinski definition) is 2. The molecule has 0 fully saturated rings. The summed E-state index contributed by atoms with van der Waals surface area (Å²) in [6, 6.07) is 2.82. The van der Waals surface area contributed by atoms with Crippen molar-refractivity contribution in [1.29, 1.82) is 0 Å². The fourth-order valence-corrected chi connectivity index (χ4v) is 1.26. The van der Waals surface area contributed by atoms with Crippen LogP contribution in [-0.2, 0) is 6.42 Å². The van der Waals surface area contributed by atoms with Gasteiger partial charge in [-0.3, -0.25) is 0 Å². The van der Waals surface area contributed by atoms with Crippen molar-refractivity contribution in [3.63, 3.8) is 0 Å². The Labute approximate surface area is 82.6 Å². The Bertz CT molecular complexity index is 366. The van der Waals surface area contributed by atoms with Gasteiger partial charge >= 0.3 is 0 Å². The van der Waals surface area contributed by atoms with Crippen LogP contribution in [0.4, 0.5) is 4.39 Å². The van der Waals surface area contributed by atoms with Crippen molar-refractivity contribution >= 4 is 0 Å². The second-order valence-electron chi connectivity index (χ2n) is 2.64. The quantitative estimate of drug-likeness (QED) is 0.685. The summed E-state index contributed by atoms with van der Waals surface area (Å²) in [4.78, 5) is 0. The molecule has 0 amide bonds. The third-order valence-corrected chi connectivity index (χ3v) is 1.87. The zero-order chi connectivity index (χ0) is 10.6. The van der Waals surface area contributed by atoms with Crippen LogP contribution in [0.3, 0.4) is 0 Å². The second kappa shape index (κ2) is 4.52. The topological polar surface area (TPSA) is 18.5 Å². The highest BCUT2D eigenvalue weighted by Gasteiger charge is 2.13. The van der Waals surface area contributed by atoms with Crippen LogP contribution in [0.25, 0.3) is 0 Å². The molecule has 74 valence electrons. The number of terminal acetylenes is 1. The molecule has 2 nitrogen and oxygen atoms in total. The van der Waals surface area contributed by atoms with Gasteiger partial charge in [-0.25, -0.2) is 4.39 Å². The highest BCUT2D eigenvalue weighted by atomic mass is 19.1. The van der Waals surface area contributed by atoms with E-state index in [2.05, 4.69) is 5.92 Å². The van der Waals surface area contributed by atoms with Gasteiger partial charge in [-0.1, -0.05) is 0 Å². The van der Waals surface area contributed by atoms with Gasteiger partial charge in [0.2, 0.25) is 0 Å². The van der Waals surface area contributed by atoms with Crippen molar-refractivity contribution in [2.45, 2.75) is 6.42 Å². The molecule has 0 atom stereocenters. The largest absolute Gasteiger partial charge is 0.496 e. The molecule has 0 saturated carbocycles. The Balaban J connectivity index is 3.29. The Hall–Kier alpha value is -1.69. The van der Waals surface area contributed by atoms with Gasteiger partial charge in [-0.15, -0.1) is 12.3 Å². The van der Waals surface area contributed by atoms with E-state index >= 15 is 0 Å². The normalized spacial score (nSPS) is 9.29. The van der Waals surface area contributed by atoms with E-state index in [1.165, 1.54) is 26.4 Å². The van der Waals surface area contributed by atoms with Crippen molar-refractivity contribution in [2.75, 3.05) is 14.2 Å². The number of benzene rings is 1. The third-order valence-electron chi connectivity index (χ3n) is 1.87. The lowest BCUT2D eigenvalue weighted by Gasteiger charge is -2.11. The fourth-order valence-electron chi connectivity index (χ4n) is 1.26. The molecule has 1 aromatic carbocycles. The molecular weight excluding hydrogens is 183 g/mol. The predicted octanol–water partition coefficient (Wildman–Crippen LogP) is 2.02. The molecule has 0 bridgehead atoms. The second-order valence-corrected chi connectivity index (χ2v) is 2.64.